The number of halogens is 1. The maximum Gasteiger partial charge on any atom is 0.328 e. The van der Waals surface area contributed by atoms with E-state index in [2.05, 4.69) is 4.98 Å². The Kier molecular flexibility index (Phi) is 4.20. The molecular weight excluding hydrogens is 315 g/mol. The fraction of sp³-hybridized carbons (Fsp3) is 0.312. The van der Waals surface area contributed by atoms with Crippen LogP contribution in [0, 0.1) is 5.82 Å². The van der Waals surface area contributed by atoms with Crippen LogP contribution in [0.25, 0.3) is 0 Å². The number of carbonyl (C=O) groups excluding carboxylic acids is 1. The monoisotopic (exact) mass is 332 g/mol. The Morgan fingerprint density at radius 1 is 1.08 bits per heavy atom. The molecule has 0 atom stereocenters. The molecule has 0 aliphatic carbocycles. The summed E-state index contributed by atoms with van der Waals surface area (Å²) in [5.74, 6) is -0.688. The third-order valence-electron chi connectivity index (χ3n) is 4.17. The lowest BCUT2D eigenvalue weighted by molar-refractivity contribution is 0.0743. The Labute approximate surface area is 136 Å². The number of anilines is 1. The first-order chi connectivity index (χ1) is 11.5. The van der Waals surface area contributed by atoms with Crippen molar-refractivity contribution in [2.24, 2.45) is 7.05 Å². The van der Waals surface area contributed by atoms with Crippen molar-refractivity contribution in [1.82, 2.24) is 14.5 Å². The van der Waals surface area contributed by atoms with Gasteiger partial charge in [0.2, 0.25) is 0 Å². The molecule has 0 radical (unpaired) electrons. The topological polar surface area (TPSA) is 78.4 Å². The lowest BCUT2D eigenvalue weighted by Gasteiger charge is -2.36. The summed E-state index contributed by atoms with van der Waals surface area (Å²) in [6.07, 6.45) is 1.17. The second kappa shape index (κ2) is 6.31. The minimum Gasteiger partial charge on any atom is -0.368 e. The van der Waals surface area contributed by atoms with Crippen LogP contribution in [-0.4, -0.2) is 46.5 Å². The molecule has 1 aromatic heterocycles. The number of hydrogen-bond acceptors (Lipinski definition) is 4. The molecule has 2 heterocycles. The average Bonchev–Trinajstić information content (AvgIpc) is 2.60. The molecule has 1 aliphatic heterocycles. The maximum absolute atomic E-state index is 13.0. The van der Waals surface area contributed by atoms with Gasteiger partial charge in [0.1, 0.15) is 11.4 Å². The number of nitrogens with zero attached hydrogens (tertiary/aromatic N) is 3. The van der Waals surface area contributed by atoms with Gasteiger partial charge in [-0.2, -0.15) is 0 Å². The van der Waals surface area contributed by atoms with Gasteiger partial charge in [-0.05, 0) is 24.3 Å². The Bertz CT molecular complexity index is 864. The van der Waals surface area contributed by atoms with Gasteiger partial charge in [0.25, 0.3) is 11.5 Å². The molecule has 1 amide bonds. The van der Waals surface area contributed by atoms with Gasteiger partial charge in [-0.1, -0.05) is 0 Å². The zero-order valence-electron chi connectivity index (χ0n) is 13.2. The van der Waals surface area contributed by atoms with Crippen LogP contribution in [0.4, 0.5) is 10.1 Å². The molecule has 1 saturated heterocycles. The van der Waals surface area contributed by atoms with Crippen molar-refractivity contribution >= 4 is 11.6 Å². The number of aromatic nitrogens is 2. The van der Waals surface area contributed by atoms with Crippen LogP contribution in [0.1, 0.15) is 10.4 Å². The Hall–Kier alpha value is -2.90. The number of rotatable bonds is 2. The van der Waals surface area contributed by atoms with Crippen LogP contribution in [0.15, 0.2) is 40.1 Å². The largest absolute Gasteiger partial charge is 0.368 e. The quantitative estimate of drug-likeness (QED) is 0.851. The molecule has 2 aromatic rings. The maximum atomic E-state index is 13.0. The second-order valence-corrected chi connectivity index (χ2v) is 5.63. The Morgan fingerprint density at radius 2 is 1.71 bits per heavy atom. The first-order valence-electron chi connectivity index (χ1n) is 7.56. The van der Waals surface area contributed by atoms with E-state index in [4.69, 9.17) is 0 Å². The van der Waals surface area contributed by atoms with Crippen molar-refractivity contribution in [3.8, 4) is 0 Å². The summed E-state index contributed by atoms with van der Waals surface area (Å²) in [5, 5.41) is 0. The molecule has 8 heteroatoms. The summed E-state index contributed by atoms with van der Waals surface area (Å²) in [4.78, 5) is 41.9. The van der Waals surface area contributed by atoms with E-state index in [1.807, 2.05) is 4.90 Å². The molecule has 1 N–H and O–H groups in total. The molecule has 1 aromatic carbocycles. The van der Waals surface area contributed by atoms with Gasteiger partial charge in [-0.15, -0.1) is 0 Å². The lowest BCUT2D eigenvalue weighted by Crippen LogP contribution is -2.50. The molecule has 0 saturated carbocycles. The highest BCUT2D eigenvalue weighted by molar-refractivity contribution is 5.93. The number of amides is 1. The summed E-state index contributed by atoms with van der Waals surface area (Å²) < 4.78 is 13.9. The Balaban J connectivity index is 1.72. The van der Waals surface area contributed by atoms with E-state index in [1.165, 1.54) is 25.4 Å². The SMILES string of the molecule is Cn1c(=O)[nH]cc(C(=O)N2CCN(c3ccc(F)cc3)CC2)c1=O. The molecule has 7 nitrogen and oxygen atoms in total. The van der Waals surface area contributed by atoms with Crippen molar-refractivity contribution in [3.63, 3.8) is 0 Å². The van der Waals surface area contributed by atoms with E-state index < -0.39 is 17.2 Å². The minimum atomic E-state index is -0.607. The molecule has 0 unspecified atom stereocenters. The van der Waals surface area contributed by atoms with Gasteiger partial charge in [0, 0.05) is 45.1 Å². The summed E-state index contributed by atoms with van der Waals surface area (Å²) in [6, 6.07) is 6.20. The molecule has 3 rings (SSSR count). The van der Waals surface area contributed by atoms with E-state index in [9.17, 15) is 18.8 Å². The summed E-state index contributed by atoms with van der Waals surface area (Å²) in [6.45, 7) is 2.05. The van der Waals surface area contributed by atoms with Crippen LogP contribution in [0.2, 0.25) is 0 Å². The number of hydrogen-bond donors (Lipinski definition) is 1. The fourth-order valence-electron chi connectivity index (χ4n) is 2.71. The minimum absolute atomic E-state index is 0.0488. The number of H-pyrrole nitrogens is 1. The molecule has 126 valence electrons. The molecule has 0 spiro atoms. The van der Waals surface area contributed by atoms with Crippen LogP contribution in [-0.2, 0) is 7.05 Å². The van der Waals surface area contributed by atoms with E-state index in [-0.39, 0.29) is 11.4 Å². The van der Waals surface area contributed by atoms with Crippen LogP contribution >= 0.6 is 0 Å². The highest BCUT2D eigenvalue weighted by Crippen LogP contribution is 2.17. The summed E-state index contributed by atoms with van der Waals surface area (Å²) in [7, 11) is 1.32. The van der Waals surface area contributed by atoms with Crippen LogP contribution in [0.5, 0.6) is 0 Å². The van der Waals surface area contributed by atoms with E-state index in [0.29, 0.717) is 26.2 Å². The van der Waals surface area contributed by atoms with Crippen molar-refractivity contribution < 1.29 is 9.18 Å². The van der Waals surface area contributed by atoms with Crippen molar-refractivity contribution in [3.05, 3.63) is 62.7 Å². The third-order valence-corrected chi connectivity index (χ3v) is 4.17. The first-order valence-corrected chi connectivity index (χ1v) is 7.56. The highest BCUT2D eigenvalue weighted by Gasteiger charge is 2.24. The molecule has 0 bridgehead atoms. The van der Waals surface area contributed by atoms with Crippen molar-refractivity contribution in [2.75, 3.05) is 31.1 Å². The molecule has 1 fully saturated rings. The normalized spacial score (nSPS) is 14.8. The van der Waals surface area contributed by atoms with Crippen molar-refractivity contribution in [2.45, 2.75) is 0 Å². The molecule has 24 heavy (non-hydrogen) atoms. The number of piperazine rings is 1. The predicted molar refractivity (Wildman–Crippen MR) is 86.8 cm³/mol. The summed E-state index contributed by atoms with van der Waals surface area (Å²) >= 11 is 0. The second-order valence-electron chi connectivity index (χ2n) is 5.63. The smallest absolute Gasteiger partial charge is 0.328 e. The van der Waals surface area contributed by atoms with Crippen molar-refractivity contribution in [1.29, 1.82) is 0 Å². The average molecular weight is 332 g/mol. The van der Waals surface area contributed by atoms with Crippen LogP contribution < -0.4 is 16.1 Å². The first kappa shape index (κ1) is 16.0. The third kappa shape index (κ3) is 2.94. The summed E-state index contributed by atoms with van der Waals surface area (Å²) in [5.41, 5.74) is -0.321. The standard InChI is InChI=1S/C16H17FN4O3/c1-19-14(22)13(10-18-16(19)24)15(23)21-8-6-20(7-9-21)12-4-2-11(17)3-5-12/h2-5,10H,6-9H2,1H3,(H,18,24). The predicted octanol–water partition coefficient (Wildman–Crippen LogP) is 0.175. The van der Waals surface area contributed by atoms with E-state index in [1.54, 1.807) is 17.0 Å². The fourth-order valence-corrected chi connectivity index (χ4v) is 2.71. The molecule has 1 aliphatic rings. The van der Waals surface area contributed by atoms with Gasteiger partial charge in [0.15, 0.2) is 0 Å². The number of benzene rings is 1. The van der Waals surface area contributed by atoms with Gasteiger partial charge in [0.05, 0.1) is 0 Å². The van der Waals surface area contributed by atoms with E-state index >= 15 is 0 Å². The zero-order chi connectivity index (χ0) is 17.3. The van der Waals surface area contributed by atoms with Gasteiger partial charge < -0.3 is 14.8 Å². The van der Waals surface area contributed by atoms with Gasteiger partial charge >= 0.3 is 5.69 Å². The zero-order valence-corrected chi connectivity index (χ0v) is 13.2. The molecular formula is C16H17FN4O3. The Morgan fingerprint density at radius 3 is 2.33 bits per heavy atom. The number of carbonyl (C=O) groups is 1. The number of nitrogens with one attached hydrogen (secondary N) is 1. The van der Waals surface area contributed by atoms with Gasteiger partial charge in [-0.25, -0.2) is 9.18 Å². The van der Waals surface area contributed by atoms with E-state index in [0.717, 1.165) is 10.3 Å². The highest BCUT2D eigenvalue weighted by atomic mass is 19.1. The number of aromatic amines is 1. The van der Waals surface area contributed by atoms with Gasteiger partial charge in [-0.3, -0.25) is 14.2 Å². The van der Waals surface area contributed by atoms with Crippen LogP contribution in [0.3, 0.4) is 0 Å². The lowest BCUT2D eigenvalue weighted by atomic mass is 10.2.